The van der Waals surface area contributed by atoms with E-state index in [0.717, 1.165) is 23.9 Å². The monoisotopic (exact) mass is 337 g/mol. The first-order valence-electron chi connectivity index (χ1n) is 10.6. The van der Waals surface area contributed by atoms with Crippen LogP contribution in [-0.2, 0) is 0 Å². The van der Waals surface area contributed by atoms with E-state index in [-0.39, 0.29) is 0 Å². The van der Waals surface area contributed by atoms with Crippen molar-refractivity contribution < 1.29 is 0 Å². The molecule has 24 heavy (non-hydrogen) atoms. The lowest BCUT2D eigenvalue weighted by Gasteiger charge is -2.41. The number of rotatable bonds is 7. The van der Waals surface area contributed by atoms with Gasteiger partial charge in [-0.3, -0.25) is 9.80 Å². The van der Waals surface area contributed by atoms with E-state index in [4.69, 9.17) is 0 Å². The molecule has 2 heterocycles. The fourth-order valence-electron chi connectivity index (χ4n) is 4.57. The van der Waals surface area contributed by atoms with Crippen molar-refractivity contribution in [1.82, 2.24) is 14.7 Å². The minimum absolute atomic E-state index is 0.705. The van der Waals surface area contributed by atoms with Gasteiger partial charge in [-0.25, -0.2) is 0 Å². The van der Waals surface area contributed by atoms with Crippen LogP contribution in [0.4, 0.5) is 0 Å². The molecular formula is C21H43N3. The van der Waals surface area contributed by atoms with Crippen LogP contribution in [0.1, 0.15) is 67.2 Å². The molecule has 142 valence electrons. The molecule has 0 N–H and O–H groups in total. The summed E-state index contributed by atoms with van der Waals surface area (Å²) in [7, 11) is 0. The molecule has 0 saturated carbocycles. The molecule has 3 nitrogen and oxygen atoms in total. The van der Waals surface area contributed by atoms with E-state index in [1.54, 1.807) is 0 Å². The first-order chi connectivity index (χ1) is 11.4. The van der Waals surface area contributed by atoms with Gasteiger partial charge >= 0.3 is 0 Å². The van der Waals surface area contributed by atoms with Gasteiger partial charge in [0.1, 0.15) is 0 Å². The second-order valence-electron chi connectivity index (χ2n) is 9.06. The number of piperidine rings is 1. The van der Waals surface area contributed by atoms with Crippen LogP contribution in [0, 0.1) is 11.8 Å². The van der Waals surface area contributed by atoms with Gasteiger partial charge in [-0.1, -0.05) is 13.8 Å². The smallest absolute Gasteiger partial charge is 0.0113 e. The summed E-state index contributed by atoms with van der Waals surface area (Å²) in [6.45, 7) is 22.0. The third-order valence-corrected chi connectivity index (χ3v) is 6.85. The Morgan fingerprint density at radius 1 is 0.625 bits per heavy atom. The predicted octanol–water partition coefficient (Wildman–Crippen LogP) is 3.94. The minimum Gasteiger partial charge on any atom is -0.301 e. The summed E-state index contributed by atoms with van der Waals surface area (Å²) in [4.78, 5) is 8.09. The normalized spacial score (nSPS) is 25.5. The van der Waals surface area contributed by atoms with E-state index in [2.05, 4.69) is 56.2 Å². The molecule has 2 rings (SSSR count). The van der Waals surface area contributed by atoms with Crippen molar-refractivity contribution in [2.45, 2.75) is 85.4 Å². The summed E-state index contributed by atoms with van der Waals surface area (Å²) < 4.78 is 0. The van der Waals surface area contributed by atoms with E-state index in [9.17, 15) is 0 Å². The van der Waals surface area contributed by atoms with Gasteiger partial charge in [0.05, 0.1) is 0 Å². The van der Waals surface area contributed by atoms with Crippen molar-refractivity contribution in [2.24, 2.45) is 11.8 Å². The predicted molar refractivity (Wildman–Crippen MR) is 106 cm³/mol. The van der Waals surface area contributed by atoms with Gasteiger partial charge in [-0.15, -0.1) is 0 Å². The molecule has 2 fully saturated rings. The fraction of sp³-hybridized carbons (Fsp3) is 1.00. The van der Waals surface area contributed by atoms with Gasteiger partial charge in [-0.2, -0.15) is 0 Å². The van der Waals surface area contributed by atoms with Crippen LogP contribution in [0.15, 0.2) is 0 Å². The van der Waals surface area contributed by atoms with Gasteiger partial charge in [0, 0.05) is 44.3 Å². The molecule has 0 spiro atoms. The Balaban J connectivity index is 1.66. The van der Waals surface area contributed by atoms with Gasteiger partial charge in [0.2, 0.25) is 0 Å². The Morgan fingerprint density at radius 2 is 1.04 bits per heavy atom. The number of likely N-dealkylation sites (tertiary alicyclic amines) is 1. The average molecular weight is 338 g/mol. The molecule has 0 aromatic heterocycles. The van der Waals surface area contributed by atoms with Crippen LogP contribution in [0.25, 0.3) is 0 Å². The maximum Gasteiger partial charge on any atom is 0.0113 e. The Labute approximate surface area is 151 Å². The Hall–Kier alpha value is -0.120. The highest BCUT2D eigenvalue weighted by molar-refractivity contribution is 4.81. The molecule has 2 aliphatic rings. The van der Waals surface area contributed by atoms with Crippen LogP contribution in [-0.4, -0.2) is 72.1 Å². The molecule has 0 radical (unpaired) electrons. The lowest BCUT2D eigenvalue weighted by molar-refractivity contribution is 0.0719. The second kappa shape index (κ2) is 9.54. The van der Waals surface area contributed by atoms with Crippen LogP contribution >= 0.6 is 0 Å². The summed E-state index contributed by atoms with van der Waals surface area (Å²) in [6.07, 6.45) is 5.54. The minimum atomic E-state index is 0.705. The maximum atomic E-state index is 2.75. The summed E-state index contributed by atoms with van der Waals surface area (Å²) in [5, 5.41) is 0. The molecule has 0 aliphatic carbocycles. The second-order valence-corrected chi connectivity index (χ2v) is 9.06. The number of piperazine rings is 1. The van der Waals surface area contributed by atoms with Crippen molar-refractivity contribution >= 4 is 0 Å². The zero-order valence-electron chi connectivity index (χ0n) is 17.3. The standard InChI is InChI=1S/C21H43N3/c1-17(2)21-9-11-23(12-10-21)19(5)7-8-20(6)24-15-13-22(14-16-24)18(3)4/h17-21H,7-16H2,1-6H3. The zero-order chi connectivity index (χ0) is 17.7. The molecule has 2 unspecified atom stereocenters. The van der Waals surface area contributed by atoms with E-state index >= 15 is 0 Å². The quantitative estimate of drug-likeness (QED) is 0.697. The van der Waals surface area contributed by atoms with E-state index in [1.807, 2.05) is 0 Å². The fourth-order valence-corrected chi connectivity index (χ4v) is 4.57. The Kier molecular flexibility index (Phi) is 8.03. The van der Waals surface area contributed by atoms with Crippen LogP contribution in [0.3, 0.4) is 0 Å². The number of hydrogen-bond donors (Lipinski definition) is 0. The van der Waals surface area contributed by atoms with Crippen molar-refractivity contribution in [1.29, 1.82) is 0 Å². The highest BCUT2D eigenvalue weighted by atomic mass is 15.3. The zero-order valence-corrected chi connectivity index (χ0v) is 17.3. The van der Waals surface area contributed by atoms with Gasteiger partial charge < -0.3 is 4.90 Å². The van der Waals surface area contributed by atoms with E-state index < -0.39 is 0 Å². The van der Waals surface area contributed by atoms with E-state index in [0.29, 0.717) is 6.04 Å². The molecule has 3 heteroatoms. The molecule has 2 saturated heterocycles. The topological polar surface area (TPSA) is 9.72 Å². The van der Waals surface area contributed by atoms with Crippen LogP contribution < -0.4 is 0 Å². The molecule has 0 aromatic rings. The molecule has 2 atom stereocenters. The van der Waals surface area contributed by atoms with E-state index in [1.165, 1.54) is 65.0 Å². The molecule has 0 bridgehead atoms. The maximum absolute atomic E-state index is 2.75. The molecular weight excluding hydrogens is 294 g/mol. The first kappa shape index (κ1) is 20.2. The third-order valence-electron chi connectivity index (χ3n) is 6.85. The summed E-state index contributed by atoms with van der Waals surface area (Å²) >= 11 is 0. The van der Waals surface area contributed by atoms with Gasteiger partial charge in [-0.05, 0) is 78.3 Å². The van der Waals surface area contributed by atoms with Crippen LogP contribution in [0.2, 0.25) is 0 Å². The highest BCUT2D eigenvalue weighted by Gasteiger charge is 2.26. The lowest BCUT2D eigenvalue weighted by atomic mass is 9.86. The van der Waals surface area contributed by atoms with Crippen molar-refractivity contribution in [2.75, 3.05) is 39.3 Å². The number of nitrogens with zero attached hydrogens (tertiary/aromatic N) is 3. The lowest BCUT2D eigenvalue weighted by Crippen LogP contribution is -2.51. The summed E-state index contributed by atoms with van der Waals surface area (Å²) in [5.74, 6) is 1.83. The van der Waals surface area contributed by atoms with Crippen molar-refractivity contribution in [3.05, 3.63) is 0 Å². The first-order valence-corrected chi connectivity index (χ1v) is 10.6. The third kappa shape index (κ3) is 5.71. The summed E-state index contributed by atoms with van der Waals surface area (Å²) in [5.41, 5.74) is 0. The largest absolute Gasteiger partial charge is 0.301 e. The highest BCUT2D eigenvalue weighted by Crippen LogP contribution is 2.26. The molecule has 0 amide bonds. The molecule has 2 aliphatic heterocycles. The average Bonchev–Trinajstić information content (AvgIpc) is 2.59. The van der Waals surface area contributed by atoms with Crippen molar-refractivity contribution in [3.63, 3.8) is 0 Å². The van der Waals surface area contributed by atoms with Crippen LogP contribution in [0.5, 0.6) is 0 Å². The molecule has 0 aromatic carbocycles. The van der Waals surface area contributed by atoms with Gasteiger partial charge in [0.25, 0.3) is 0 Å². The van der Waals surface area contributed by atoms with Gasteiger partial charge in [0.15, 0.2) is 0 Å². The Bertz CT molecular complexity index is 305. The Morgan fingerprint density at radius 3 is 1.46 bits per heavy atom. The van der Waals surface area contributed by atoms with Crippen molar-refractivity contribution in [3.8, 4) is 0 Å². The summed E-state index contributed by atoms with van der Waals surface area (Å²) in [6, 6.07) is 2.21. The number of hydrogen-bond acceptors (Lipinski definition) is 3. The SMILES string of the molecule is CC(C)C1CCN(C(C)CCC(C)N2CCN(C(C)C)CC2)CC1.